The number of carboxylic acids is 1. The Balaban J connectivity index is 3.13. The quantitative estimate of drug-likeness (QED) is 0.683. The number of nitrogens with zero attached hydrogens (tertiary/aromatic N) is 1. The zero-order valence-corrected chi connectivity index (χ0v) is 6.65. The molecule has 1 aromatic heterocycles. The molecule has 1 rings (SSSR count). The number of hydrogen-bond acceptors (Lipinski definition) is 2. The van der Waals surface area contributed by atoms with E-state index in [0.717, 1.165) is 0 Å². The molecule has 12 heavy (non-hydrogen) atoms. The number of aromatic carboxylic acids is 1. The topological polar surface area (TPSA) is 59.3 Å². The second-order valence-electron chi connectivity index (χ2n) is 2.36. The molecule has 0 unspecified atom stereocenters. The molecule has 0 radical (unpaired) electrons. The summed E-state index contributed by atoms with van der Waals surface area (Å²) in [6.45, 7) is 2.44. The van der Waals surface area contributed by atoms with Crippen molar-refractivity contribution in [1.29, 1.82) is 0 Å². The van der Waals surface area contributed by atoms with Gasteiger partial charge in [-0.3, -0.25) is 4.79 Å². The fourth-order valence-electron chi connectivity index (χ4n) is 1.01. The highest BCUT2D eigenvalue weighted by Crippen LogP contribution is 2.06. The van der Waals surface area contributed by atoms with Gasteiger partial charge in [0.25, 0.3) is 0 Å². The molecule has 0 bridgehead atoms. The minimum Gasteiger partial charge on any atom is -0.478 e. The highest BCUT2D eigenvalue weighted by molar-refractivity contribution is 5.90. The van der Waals surface area contributed by atoms with Crippen molar-refractivity contribution >= 4 is 12.3 Å². The highest BCUT2D eigenvalue weighted by atomic mass is 16.4. The number of rotatable bonds is 3. The van der Waals surface area contributed by atoms with E-state index in [1.165, 1.54) is 12.3 Å². The normalized spacial score (nSPS) is 9.75. The van der Waals surface area contributed by atoms with Crippen molar-refractivity contribution in [3.05, 3.63) is 23.5 Å². The maximum atomic E-state index is 10.5. The third-order valence-electron chi connectivity index (χ3n) is 1.64. The van der Waals surface area contributed by atoms with E-state index in [1.807, 2.05) is 6.92 Å². The Morgan fingerprint density at radius 1 is 1.75 bits per heavy atom. The third kappa shape index (κ3) is 1.37. The van der Waals surface area contributed by atoms with Crippen molar-refractivity contribution in [3.8, 4) is 0 Å². The first kappa shape index (κ1) is 8.52. The molecule has 0 saturated heterocycles. The maximum absolute atomic E-state index is 10.5. The zero-order valence-electron chi connectivity index (χ0n) is 6.65. The van der Waals surface area contributed by atoms with Crippen molar-refractivity contribution in [2.24, 2.45) is 0 Å². The van der Waals surface area contributed by atoms with Gasteiger partial charge in [0.15, 0.2) is 6.29 Å². The van der Waals surface area contributed by atoms with Crippen LogP contribution in [0.5, 0.6) is 0 Å². The summed E-state index contributed by atoms with van der Waals surface area (Å²) in [5.41, 5.74) is 0.550. The molecule has 0 fully saturated rings. The first-order chi connectivity index (χ1) is 5.69. The van der Waals surface area contributed by atoms with Crippen LogP contribution in [0, 0.1) is 0 Å². The molecule has 0 spiro atoms. The molecule has 0 aliphatic heterocycles. The first-order valence-electron chi connectivity index (χ1n) is 3.57. The predicted octanol–water partition coefficient (Wildman–Crippen LogP) is 1.02. The second-order valence-corrected chi connectivity index (χ2v) is 2.36. The van der Waals surface area contributed by atoms with Crippen LogP contribution in [-0.2, 0) is 6.54 Å². The fourth-order valence-corrected chi connectivity index (χ4v) is 1.01. The number of aromatic nitrogens is 1. The van der Waals surface area contributed by atoms with Crippen molar-refractivity contribution in [2.45, 2.75) is 13.5 Å². The molecule has 0 aliphatic carbocycles. The molecule has 1 aromatic rings. The van der Waals surface area contributed by atoms with Gasteiger partial charge in [-0.2, -0.15) is 0 Å². The number of carbonyl (C=O) groups is 2. The van der Waals surface area contributed by atoms with E-state index in [-0.39, 0.29) is 5.56 Å². The van der Waals surface area contributed by atoms with Gasteiger partial charge in [-0.25, -0.2) is 4.79 Å². The maximum Gasteiger partial charge on any atom is 0.337 e. The van der Waals surface area contributed by atoms with E-state index < -0.39 is 5.97 Å². The summed E-state index contributed by atoms with van der Waals surface area (Å²) in [6.07, 6.45) is 2.10. The molecule has 0 saturated carbocycles. The number of aldehydes is 1. The van der Waals surface area contributed by atoms with Crippen LogP contribution >= 0.6 is 0 Å². The Morgan fingerprint density at radius 2 is 2.42 bits per heavy atom. The van der Waals surface area contributed by atoms with Crippen LogP contribution in [0.3, 0.4) is 0 Å². The molecule has 0 aromatic carbocycles. The number of hydrogen-bond donors (Lipinski definition) is 1. The van der Waals surface area contributed by atoms with Crippen molar-refractivity contribution < 1.29 is 14.7 Å². The third-order valence-corrected chi connectivity index (χ3v) is 1.64. The lowest BCUT2D eigenvalue weighted by molar-refractivity contribution is 0.0697. The van der Waals surface area contributed by atoms with Crippen LogP contribution in [0.4, 0.5) is 0 Å². The number of aryl methyl sites for hydroxylation is 1. The van der Waals surface area contributed by atoms with Crippen LogP contribution in [0.15, 0.2) is 12.3 Å². The van der Waals surface area contributed by atoms with Crippen LogP contribution in [0.1, 0.15) is 27.8 Å². The van der Waals surface area contributed by atoms with Gasteiger partial charge >= 0.3 is 5.97 Å². The average Bonchev–Trinajstić information content (AvgIpc) is 2.46. The van der Waals surface area contributed by atoms with Crippen molar-refractivity contribution in [1.82, 2.24) is 4.57 Å². The van der Waals surface area contributed by atoms with Gasteiger partial charge in [0, 0.05) is 12.7 Å². The average molecular weight is 167 g/mol. The van der Waals surface area contributed by atoms with Crippen LogP contribution in [0.25, 0.3) is 0 Å². The van der Waals surface area contributed by atoms with E-state index in [1.54, 1.807) is 4.57 Å². The molecule has 1 N–H and O–H groups in total. The minimum absolute atomic E-state index is 0.152. The smallest absolute Gasteiger partial charge is 0.337 e. The van der Waals surface area contributed by atoms with Crippen LogP contribution < -0.4 is 0 Å². The van der Waals surface area contributed by atoms with Gasteiger partial charge < -0.3 is 9.67 Å². The van der Waals surface area contributed by atoms with E-state index in [4.69, 9.17) is 5.11 Å². The molecule has 4 heteroatoms. The summed E-state index contributed by atoms with van der Waals surface area (Å²) in [5.74, 6) is -1.01. The largest absolute Gasteiger partial charge is 0.478 e. The molecule has 1 heterocycles. The van der Waals surface area contributed by atoms with Crippen LogP contribution in [-0.4, -0.2) is 21.9 Å². The lowest BCUT2D eigenvalue weighted by Crippen LogP contribution is -1.97. The Bertz CT molecular complexity index is 314. The summed E-state index contributed by atoms with van der Waals surface area (Å²) in [5, 5.41) is 8.58. The summed E-state index contributed by atoms with van der Waals surface area (Å²) < 4.78 is 1.59. The zero-order chi connectivity index (χ0) is 9.14. The summed E-state index contributed by atoms with van der Waals surface area (Å²) in [7, 11) is 0. The molecule has 4 nitrogen and oxygen atoms in total. The van der Waals surface area contributed by atoms with Gasteiger partial charge in [-0.1, -0.05) is 0 Å². The standard InChI is InChI=1S/C8H9NO3/c1-2-9-4-6(8(11)12)3-7(9)5-10/h3-5H,2H2,1H3,(H,11,12). The van der Waals surface area contributed by atoms with Gasteiger partial charge in [-0.05, 0) is 13.0 Å². The van der Waals surface area contributed by atoms with Gasteiger partial charge in [0.05, 0.1) is 11.3 Å². The van der Waals surface area contributed by atoms with Gasteiger partial charge in [-0.15, -0.1) is 0 Å². The number of carbonyl (C=O) groups excluding carboxylic acids is 1. The van der Waals surface area contributed by atoms with E-state index in [9.17, 15) is 9.59 Å². The van der Waals surface area contributed by atoms with Crippen LogP contribution in [0.2, 0.25) is 0 Å². The van der Waals surface area contributed by atoms with E-state index in [2.05, 4.69) is 0 Å². The summed E-state index contributed by atoms with van der Waals surface area (Å²) in [4.78, 5) is 20.9. The SMILES string of the molecule is CCn1cc(C(=O)O)cc1C=O. The highest BCUT2D eigenvalue weighted by Gasteiger charge is 2.08. The molecular formula is C8H9NO3. The monoisotopic (exact) mass is 167 g/mol. The van der Waals surface area contributed by atoms with Crippen molar-refractivity contribution in [2.75, 3.05) is 0 Å². The molecule has 64 valence electrons. The predicted molar refractivity (Wildman–Crippen MR) is 42.5 cm³/mol. The molecule has 0 aliphatic rings. The Morgan fingerprint density at radius 3 is 2.75 bits per heavy atom. The van der Waals surface area contributed by atoms with Gasteiger partial charge in [0.2, 0.25) is 0 Å². The Hall–Kier alpha value is -1.58. The van der Waals surface area contributed by atoms with E-state index >= 15 is 0 Å². The summed E-state index contributed by atoms with van der Waals surface area (Å²) in [6, 6.07) is 1.36. The fraction of sp³-hybridized carbons (Fsp3) is 0.250. The Kier molecular flexibility index (Phi) is 2.28. The molecular weight excluding hydrogens is 158 g/mol. The van der Waals surface area contributed by atoms with Gasteiger partial charge in [0.1, 0.15) is 0 Å². The summed E-state index contributed by atoms with van der Waals surface area (Å²) >= 11 is 0. The second kappa shape index (κ2) is 3.21. The molecule has 0 atom stereocenters. The van der Waals surface area contributed by atoms with Crippen molar-refractivity contribution in [3.63, 3.8) is 0 Å². The first-order valence-corrected chi connectivity index (χ1v) is 3.57. The minimum atomic E-state index is -1.01. The van der Waals surface area contributed by atoms with E-state index in [0.29, 0.717) is 18.5 Å². The lowest BCUT2D eigenvalue weighted by Gasteiger charge is -1.96. The number of carboxylic acid groups (broad SMARTS) is 1. The molecule has 0 amide bonds. The Labute approximate surface area is 69.4 Å². The lowest BCUT2D eigenvalue weighted by atomic mass is 10.3.